The summed E-state index contributed by atoms with van der Waals surface area (Å²) in [4.78, 5) is 13.3. The van der Waals surface area contributed by atoms with Crippen LogP contribution in [0.2, 0.25) is 0 Å². The number of likely N-dealkylation sites (N-methyl/N-ethyl adjacent to an activating group) is 6. The molecule has 0 aromatic heterocycles. The van der Waals surface area contributed by atoms with E-state index in [9.17, 15) is 8.42 Å². The average Bonchev–Trinajstić information content (AvgIpc) is 3.07. The van der Waals surface area contributed by atoms with E-state index in [0.29, 0.717) is 13.1 Å². The van der Waals surface area contributed by atoms with Crippen molar-refractivity contribution in [2.45, 2.75) is 130 Å². The molecule has 0 aromatic carbocycles. The molecule has 0 N–H and O–H groups in total. The molecule has 0 saturated carbocycles. The zero-order valence-electron chi connectivity index (χ0n) is 33.7. The fraction of sp³-hybridized carbons (Fsp3) is 1.00. The highest BCUT2D eigenvalue weighted by atomic mass is 32.3. The SMILES string of the molecule is CCCCN(C)CC(OPOS(=O)(=O)OPOC(CN(C)CCCC)(N(C)CCCC)N(C)CCCC)(N(C)CCCC)N(C)CCCC. The van der Waals surface area contributed by atoms with Crippen LogP contribution in [0.4, 0.5) is 0 Å². The van der Waals surface area contributed by atoms with E-state index in [-0.39, 0.29) is 0 Å². The van der Waals surface area contributed by atoms with Crippen LogP contribution in [0, 0.1) is 0 Å². The second-order valence-electron chi connectivity index (χ2n) is 13.7. The van der Waals surface area contributed by atoms with Crippen molar-refractivity contribution in [3.05, 3.63) is 0 Å². The van der Waals surface area contributed by atoms with Crippen LogP contribution in [0.15, 0.2) is 0 Å². The molecule has 0 rings (SSSR count). The molecule has 0 amide bonds. The van der Waals surface area contributed by atoms with E-state index in [2.05, 4.69) is 113 Å². The standard InChI is InChI=1S/C34H78N6O6P2S/c1-13-19-25-35(7)31-33(37(9)27-21-15-3,38(10)28-22-16-4)43-47-45-49(41,42)46-48-44-34(39(11)29-23-17-5,40(12)30-24-18-6)32-36(8)26-20-14-2/h47-48H,13-32H2,1-12H3. The summed E-state index contributed by atoms with van der Waals surface area (Å²) in [5, 5.41) is 0. The molecule has 2 atom stereocenters. The lowest BCUT2D eigenvalue weighted by Crippen LogP contribution is -2.64. The summed E-state index contributed by atoms with van der Waals surface area (Å²) in [6, 6.07) is 0. The molecule has 15 heteroatoms. The van der Waals surface area contributed by atoms with Crippen LogP contribution < -0.4 is 0 Å². The van der Waals surface area contributed by atoms with Crippen LogP contribution in [0.1, 0.15) is 119 Å². The molecule has 49 heavy (non-hydrogen) atoms. The first-order chi connectivity index (χ1) is 23.2. The van der Waals surface area contributed by atoms with Crippen molar-refractivity contribution in [2.24, 2.45) is 0 Å². The van der Waals surface area contributed by atoms with Gasteiger partial charge in [0.2, 0.25) is 0 Å². The fourth-order valence-corrected chi connectivity index (χ4v) is 8.11. The van der Waals surface area contributed by atoms with Gasteiger partial charge in [0.05, 0.1) is 13.1 Å². The summed E-state index contributed by atoms with van der Waals surface area (Å²) in [6.45, 7) is 19.3. The van der Waals surface area contributed by atoms with E-state index in [1.165, 1.54) is 0 Å². The Morgan fingerprint density at radius 1 is 0.449 bits per heavy atom. The molecule has 0 aliphatic rings. The van der Waals surface area contributed by atoms with Crippen LogP contribution in [-0.4, -0.2) is 144 Å². The summed E-state index contributed by atoms with van der Waals surface area (Å²) < 4.78 is 50.4. The van der Waals surface area contributed by atoms with Crippen LogP contribution in [-0.2, 0) is 27.4 Å². The van der Waals surface area contributed by atoms with Crippen molar-refractivity contribution < 1.29 is 25.4 Å². The number of rotatable bonds is 34. The van der Waals surface area contributed by atoms with Crippen molar-refractivity contribution in [3.63, 3.8) is 0 Å². The van der Waals surface area contributed by atoms with Gasteiger partial charge in [-0.05, 0) is 93.9 Å². The molecule has 0 radical (unpaired) electrons. The Hall–Kier alpha value is 0.410. The molecule has 2 unspecified atom stereocenters. The smallest absolute Gasteiger partial charge is 0.301 e. The van der Waals surface area contributed by atoms with Gasteiger partial charge in [-0.2, -0.15) is 16.4 Å². The van der Waals surface area contributed by atoms with E-state index in [1.54, 1.807) is 0 Å². The first-order valence-corrected chi connectivity index (χ1v) is 21.9. The minimum absolute atomic E-state index is 0.581. The van der Waals surface area contributed by atoms with Crippen molar-refractivity contribution in [2.75, 3.05) is 94.6 Å². The Balaban J connectivity index is 6.11. The fourth-order valence-electron chi connectivity index (χ4n) is 5.71. The Morgan fingerprint density at radius 2 is 0.694 bits per heavy atom. The summed E-state index contributed by atoms with van der Waals surface area (Å²) in [5.74, 6) is -1.75. The lowest BCUT2D eigenvalue weighted by Gasteiger charge is -2.49. The summed E-state index contributed by atoms with van der Waals surface area (Å²) >= 11 is 0. The van der Waals surface area contributed by atoms with Gasteiger partial charge in [-0.15, -0.1) is 0 Å². The normalized spacial score (nSPS) is 13.9. The molecule has 0 aliphatic carbocycles. The molecule has 0 fully saturated rings. The maximum atomic E-state index is 13.2. The Morgan fingerprint density at radius 3 is 0.939 bits per heavy atom. The van der Waals surface area contributed by atoms with Gasteiger partial charge in [0.15, 0.2) is 29.8 Å². The van der Waals surface area contributed by atoms with Crippen LogP contribution in [0.25, 0.3) is 0 Å². The lowest BCUT2D eigenvalue weighted by molar-refractivity contribution is -0.186. The minimum Gasteiger partial charge on any atom is -0.301 e. The molecule has 0 aromatic rings. The molecule has 0 heterocycles. The van der Waals surface area contributed by atoms with Crippen LogP contribution in [0.3, 0.4) is 0 Å². The molecule has 0 saturated heterocycles. The monoisotopic (exact) mass is 761 g/mol. The second-order valence-corrected chi connectivity index (χ2v) is 16.6. The first-order valence-electron chi connectivity index (χ1n) is 18.9. The predicted octanol–water partition coefficient (Wildman–Crippen LogP) is 7.01. The lowest BCUT2D eigenvalue weighted by atomic mass is 10.2. The third-order valence-electron chi connectivity index (χ3n) is 9.20. The van der Waals surface area contributed by atoms with E-state index >= 15 is 0 Å². The number of unbranched alkanes of at least 4 members (excludes halogenated alkanes) is 6. The number of hydrogen-bond acceptors (Lipinski definition) is 12. The van der Waals surface area contributed by atoms with E-state index in [1.807, 2.05) is 0 Å². The van der Waals surface area contributed by atoms with Gasteiger partial charge in [0, 0.05) is 26.2 Å². The largest absolute Gasteiger partial charge is 0.410 e. The Kier molecular flexibility index (Phi) is 28.2. The first kappa shape index (κ1) is 49.4. The van der Waals surface area contributed by atoms with Crippen molar-refractivity contribution >= 4 is 28.5 Å². The maximum Gasteiger partial charge on any atom is 0.410 e. The van der Waals surface area contributed by atoms with Gasteiger partial charge in [-0.25, -0.2) is 0 Å². The van der Waals surface area contributed by atoms with Crippen molar-refractivity contribution in [3.8, 4) is 0 Å². The molecule has 12 nitrogen and oxygen atoms in total. The zero-order valence-corrected chi connectivity index (χ0v) is 36.5. The number of nitrogens with zero attached hydrogens (tertiary/aromatic N) is 6. The highest BCUT2D eigenvalue weighted by Gasteiger charge is 2.43. The van der Waals surface area contributed by atoms with Crippen LogP contribution in [0.5, 0.6) is 0 Å². The minimum atomic E-state index is -4.41. The van der Waals surface area contributed by atoms with Crippen molar-refractivity contribution in [1.29, 1.82) is 0 Å². The molecular formula is C34H78N6O6P2S. The molecule has 0 bridgehead atoms. The molecule has 0 spiro atoms. The van der Waals surface area contributed by atoms with E-state index in [4.69, 9.17) is 17.0 Å². The average molecular weight is 761 g/mol. The Bertz CT molecular complexity index is 820. The van der Waals surface area contributed by atoms with Gasteiger partial charge in [0.25, 0.3) is 0 Å². The summed E-state index contributed by atoms with van der Waals surface area (Å²) in [6.07, 6.45) is 12.5. The topological polar surface area (TPSA) is 90.5 Å². The van der Waals surface area contributed by atoms with Gasteiger partial charge in [0.1, 0.15) is 0 Å². The van der Waals surface area contributed by atoms with Gasteiger partial charge in [-0.1, -0.05) is 80.1 Å². The summed E-state index contributed by atoms with van der Waals surface area (Å²) in [7, 11) is 6.42. The number of hydrogen-bond donors (Lipinski definition) is 0. The third kappa shape index (κ3) is 18.8. The highest BCUT2D eigenvalue weighted by Crippen LogP contribution is 2.37. The Labute approximate surface area is 307 Å². The van der Waals surface area contributed by atoms with Gasteiger partial charge >= 0.3 is 10.4 Å². The predicted molar refractivity (Wildman–Crippen MR) is 210 cm³/mol. The zero-order chi connectivity index (χ0) is 37.3. The van der Waals surface area contributed by atoms with Gasteiger partial charge < -0.3 is 9.80 Å². The quantitative estimate of drug-likeness (QED) is 0.0499. The molecule has 0 aliphatic heterocycles. The van der Waals surface area contributed by atoms with Crippen molar-refractivity contribution in [1.82, 2.24) is 29.4 Å². The van der Waals surface area contributed by atoms with Gasteiger partial charge in [-0.3, -0.25) is 28.6 Å². The van der Waals surface area contributed by atoms with E-state index in [0.717, 1.165) is 116 Å². The summed E-state index contributed by atoms with van der Waals surface area (Å²) in [5.41, 5.74) is 0. The second kappa shape index (κ2) is 27.9. The third-order valence-corrected chi connectivity index (χ3v) is 12.2. The molecule has 296 valence electrons. The maximum absolute atomic E-state index is 13.2. The highest BCUT2D eigenvalue weighted by molar-refractivity contribution is 7.87. The van der Waals surface area contributed by atoms with Crippen LogP contribution >= 0.6 is 18.1 Å². The molecular weight excluding hydrogens is 682 g/mol. The van der Waals surface area contributed by atoms with E-state index < -0.39 is 40.2 Å².